The van der Waals surface area contributed by atoms with Crippen molar-refractivity contribution in [1.29, 1.82) is 0 Å². The van der Waals surface area contributed by atoms with Gasteiger partial charge in [0, 0.05) is 17.3 Å². The summed E-state index contributed by atoms with van der Waals surface area (Å²) in [4.78, 5) is 0.208. The normalized spacial score (nSPS) is 10.9. The molecule has 2 aromatic rings. The van der Waals surface area contributed by atoms with Crippen LogP contribution in [0.5, 0.6) is 0 Å². The first-order valence-electron chi connectivity index (χ1n) is 6.07. The Morgan fingerprint density at radius 1 is 1.00 bits per heavy atom. The lowest BCUT2D eigenvalue weighted by Gasteiger charge is -2.07. The van der Waals surface area contributed by atoms with Crippen molar-refractivity contribution in [2.45, 2.75) is 11.3 Å². The minimum absolute atomic E-state index is 0. The van der Waals surface area contributed by atoms with Crippen LogP contribution in [-0.4, -0.2) is 15.0 Å². The van der Waals surface area contributed by atoms with Crippen molar-refractivity contribution >= 4 is 39.7 Å². The number of sulfonamides is 1. The third-order valence-corrected chi connectivity index (χ3v) is 4.54. The van der Waals surface area contributed by atoms with Crippen LogP contribution in [0.1, 0.15) is 5.56 Å². The zero-order chi connectivity index (χ0) is 14.6. The van der Waals surface area contributed by atoms with Crippen LogP contribution in [0.15, 0.2) is 53.4 Å². The molecule has 2 rings (SSSR count). The molecular formula is C14H16Cl2N2O2S. The summed E-state index contributed by atoms with van der Waals surface area (Å²) in [5, 5.41) is 0.505. The van der Waals surface area contributed by atoms with Crippen molar-refractivity contribution < 1.29 is 8.42 Å². The van der Waals surface area contributed by atoms with Crippen LogP contribution in [0.4, 0.5) is 5.69 Å². The summed E-state index contributed by atoms with van der Waals surface area (Å²) in [5.74, 6) is 0. The second kappa shape index (κ2) is 7.66. The zero-order valence-electron chi connectivity index (χ0n) is 11.1. The molecule has 7 heteroatoms. The fourth-order valence-corrected chi connectivity index (χ4v) is 2.87. The highest BCUT2D eigenvalue weighted by Gasteiger charge is 2.12. The van der Waals surface area contributed by atoms with Gasteiger partial charge in [-0.3, -0.25) is 0 Å². The first-order chi connectivity index (χ1) is 9.47. The lowest BCUT2D eigenvalue weighted by Crippen LogP contribution is -2.25. The van der Waals surface area contributed by atoms with Crippen molar-refractivity contribution in [2.24, 2.45) is 0 Å². The van der Waals surface area contributed by atoms with E-state index < -0.39 is 10.0 Å². The molecule has 0 saturated heterocycles. The number of hydrogen-bond acceptors (Lipinski definition) is 3. The van der Waals surface area contributed by atoms with E-state index in [0.29, 0.717) is 23.7 Å². The van der Waals surface area contributed by atoms with E-state index in [0.717, 1.165) is 5.56 Å². The monoisotopic (exact) mass is 346 g/mol. The van der Waals surface area contributed by atoms with Crippen LogP contribution in [0.3, 0.4) is 0 Å². The SMILES string of the molecule is Cl.Nc1ccc(CCNS(=O)(=O)c2ccc(Cl)cc2)cc1. The molecule has 0 atom stereocenters. The molecule has 0 bridgehead atoms. The van der Waals surface area contributed by atoms with Crippen LogP contribution < -0.4 is 10.5 Å². The highest BCUT2D eigenvalue weighted by molar-refractivity contribution is 7.89. The number of nitrogen functional groups attached to an aromatic ring is 1. The summed E-state index contributed by atoms with van der Waals surface area (Å²) in [6.45, 7) is 0.328. The summed E-state index contributed by atoms with van der Waals surface area (Å²) in [6.07, 6.45) is 0.604. The van der Waals surface area contributed by atoms with Crippen LogP contribution >= 0.6 is 24.0 Å². The van der Waals surface area contributed by atoms with Crippen LogP contribution in [-0.2, 0) is 16.4 Å². The van der Waals surface area contributed by atoms with Gasteiger partial charge in [0.2, 0.25) is 10.0 Å². The Labute approximate surface area is 135 Å². The molecule has 0 aliphatic heterocycles. The third kappa shape index (κ3) is 5.21. The largest absolute Gasteiger partial charge is 0.399 e. The van der Waals surface area contributed by atoms with Crippen LogP contribution in [0, 0.1) is 0 Å². The molecule has 0 saturated carbocycles. The number of nitrogens with one attached hydrogen (secondary N) is 1. The molecule has 0 heterocycles. The number of anilines is 1. The van der Waals surface area contributed by atoms with E-state index in [2.05, 4.69) is 4.72 Å². The zero-order valence-corrected chi connectivity index (χ0v) is 13.5. The standard InChI is InChI=1S/C14H15ClN2O2S.ClH/c15-12-3-7-14(8-4-12)20(18,19)17-10-9-11-1-5-13(16)6-2-11;/h1-8,17H,9-10,16H2;1H. The molecule has 0 amide bonds. The second-order valence-electron chi connectivity index (χ2n) is 4.34. The maximum atomic E-state index is 12.0. The van der Waals surface area contributed by atoms with Gasteiger partial charge in [-0.1, -0.05) is 23.7 Å². The Balaban J connectivity index is 0.00000220. The molecule has 3 N–H and O–H groups in total. The minimum Gasteiger partial charge on any atom is -0.399 e. The van der Waals surface area contributed by atoms with Gasteiger partial charge >= 0.3 is 0 Å². The Morgan fingerprint density at radius 3 is 2.14 bits per heavy atom. The van der Waals surface area contributed by atoms with Gasteiger partial charge in [-0.15, -0.1) is 12.4 Å². The minimum atomic E-state index is -3.49. The van der Waals surface area contributed by atoms with Crippen molar-refractivity contribution in [3.05, 3.63) is 59.1 Å². The summed E-state index contributed by atoms with van der Waals surface area (Å²) >= 11 is 5.73. The predicted molar refractivity (Wildman–Crippen MR) is 88.4 cm³/mol. The summed E-state index contributed by atoms with van der Waals surface area (Å²) < 4.78 is 26.6. The lowest BCUT2D eigenvalue weighted by molar-refractivity contribution is 0.581. The maximum Gasteiger partial charge on any atom is 0.240 e. The van der Waals surface area contributed by atoms with Gasteiger partial charge in [-0.05, 0) is 48.4 Å². The van der Waals surface area contributed by atoms with Crippen molar-refractivity contribution in [1.82, 2.24) is 4.72 Å². The Morgan fingerprint density at radius 2 is 1.57 bits per heavy atom. The van der Waals surface area contributed by atoms with Gasteiger partial charge in [-0.2, -0.15) is 0 Å². The second-order valence-corrected chi connectivity index (χ2v) is 6.55. The Hall–Kier alpha value is -1.27. The first-order valence-corrected chi connectivity index (χ1v) is 7.93. The number of rotatable bonds is 5. The van der Waals surface area contributed by atoms with E-state index in [-0.39, 0.29) is 17.3 Å². The molecule has 0 fully saturated rings. The van der Waals surface area contributed by atoms with Crippen molar-refractivity contribution in [3.63, 3.8) is 0 Å². The van der Waals surface area contributed by atoms with Crippen LogP contribution in [0.25, 0.3) is 0 Å². The van der Waals surface area contributed by atoms with E-state index >= 15 is 0 Å². The topological polar surface area (TPSA) is 72.2 Å². The fourth-order valence-electron chi connectivity index (χ4n) is 1.71. The summed E-state index contributed by atoms with van der Waals surface area (Å²) in [5.41, 5.74) is 7.31. The van der Waals surface area contributed by atoms with Crippen molar-refractivity contribution in [2.75, 3.05) is 12.3 Å². The Kier molecular flexibility index (Phi) is 6.48. The maximum absolute atomic E-state index is 12.0. The lowest BCUT2D eigenvalue weighted by atomic mass is 10.1. The molecular weight excluding hydrogens is 331 g/mol. The predicted octanol–water partition coefficient (Wildman–Crippen LogP) is 2.87. The van der Waals surface area contributed by atoms with Gasteiger partial charge in [0.15, 0.2) is 0 Å². The average Bonchev–Trinajstić information content (AvgIpc) is 2.41. The smallest absolute Gasteiger partial charge is 0.240 e. The highest BCUT2D eigenvalue weighted by Crippen LogP contribution is 2.14. The van der Waals surface area contributed by atoms with E-state index in [4.69, 9.17) is 17.3 Å². The molecule has 0 aliphatic rings. The first kappa shape index (κ1) is 17.8. The molecule has 21 heavy (non-hydrogen) atoms. The van der Waals surface area contributed by atoms with E-state index in [1.165, 1.54) is 12.1 Å². The Bertz CT molecular complexity index is 671. The molecule has 0 aromatic heterocycles. The molecule has 0 spiro atoms. The number of halogens is 2. The van der Waals surface area contributed by atoms with Gasteiger partial charge in [0.1, 0.15) is 0 Å². The molecule has 0 unspecified atom stereocenters. The molecule has 0 radical (unpaired) electrons. The number of hydrogen-bond donors (Lipinski definition) is 2. The van der Waals surface area contributed by atoms with E-state index in [1.807, 2.05) is 12.1 Å². The van der Waals surface area contributed by atoms with Gasteiger partial charge in [0.05, 0.1) is 4.90 Å². The average molecular weight is 347 g/mol. The van der Waals surface area contributed by atoms with Gasteiger partial charge in [0.25, 0.3) is 0 Å². The van der Waals surface area contributed by atoms with E-state index in [1.54, 1.807) is 24.3 Å². The van der Waals surface area contributed by atoms with Crippen LogP contribution in [0.2, 0.25) is 5.02 Å². The third-order valence-electron chi connectivity index (χ3n) is 2.81. The van der Waals surface area contributed by atoms with E-state index in [9.17, 15) is 8.42 Å². The highest BCUT2D eigenvalue weighted by atomic mass is 35.5. The van der Waals surface area contributed by atoms with Crippen molar-refractivity contribution in [3.8, 4) is 0 Å². The molecule has 4 nitrogen and oxygen atoms in total. The fraction of sp³-hybridized carbons (Fsp3) is 0.143. The molecule has 2 aromatic carbocycles. The number of benzene rings is 2. The molecule has 114 valence electrons. The quantitative estimate of drug-likeness (QED) is 0.817. The summed E-state index contributed by atoms with van der Waals surface area (Å²) in [7, 11) is -3.49. The molecule has 0 aliphatic carbocycles. The van der Waals surface area contributed by atoms with Gasteiger partial charge < -0.3 is 5.73 Å². The number of nitrogens with two attached hydrogens (primary N) is 1. The van der Waals surface area contributed by atoms with Gasteiger partial charge in [-0.25, -0.2) is 13.1 Å². The summed E-state index contributed by atoms with van der Waals surface area (Å²) in [6, 6.07) is 13.4.